The molecule has 3 aromatic rings. The van der Waals surface area contributed by atoms with E-state index in [1.807, 2.05) is 18.2 Å². The third-order valence-electron chi connectivity index (χ3n) is 6.16. The number of anilines is 2. The molecule has 1 aliphatic rings. The molecule has 1 heterocycles. The van der Waals surface area contributed by atoms with Crippen LogP contribution in [0.1, 0.15) is 36.0 Å². The first-order chi connectivity index (χ1) is 15.8. The van der Waals surface area contributed by atoms with Crippen molar-refractivity contribution >= 4 is 63.1 Å². The third kappa shape index (κ3) is 5.65. The summed E-state index contributed by atoms with van der Waals surface area (Å²) in [6.07, 6.45) is 4.09. The molecule has 8 heteroatoms. The van der Waals surface area contributed by atoms with Crippen LogP contribution in [0, 0.1) is 5.92 Å². The summed E-state index contributed by atoms with van der Waals surface area (Å²) < 4.78 is 0. The third-order valence-corrected chi connectivity index (χ3v) is 6.97. The second-order valence-corrected chi connectivity index (χ2v) is 10.0. The van der Waals surface area contributed by atoms with Crippen LogP contribution in [0.15, 0.2) is 42.5 Å². The van der Waals surface area contributed by atoms with Crippen LogP contribution in [0.4, 0.5) is 11.5 Å². The van der Waals surface area contributed by atoms with Gasteiger partial charge in [0.05, 0.1) is 21.1 Å². The number of fused-ring (bicyclic) bond motifs is 1. The number of hydrogen-bond acceptors (Lipinski definition) is 4. The fraction of sp³-hybridized carbons (Fsp3) is 0.360. The minimum absolute atomic E-state index is 0.262. The molecule has 1 amide bonds. The van der Waals surface area contributed by atoms with Crippen LogP contribution in [0.5, 0.6) is 0 Å². The molecule has 2 aromatic carbocycles. The first-order valence-corrected chi connectivity index (χ1v) is 12.2. The Morgan fingerprint density at radius 3 is 2.36 bits per heavy atom. The molecule has 0 saturated heterocycles. The van der Waals surface area contributed by atoms with E-state index in [1.165, 1.54) is 12.1 Å². The van der Waals surface area contributed by atoms with E-state index in [4.69, 9.17) is 39.8 Å². The molecule has 5 nitrogen and oxygen atoms in total. The van der Waals surface area contributed by atoms with Gasteiger partial charge in [0, 0.05) is 48.8 Å². The van der Waals surface area contributed by atoms with E-state index in [0.717, 1.165) is 48.1 Å². The lowest BCUT2D eigenvalue weighted by atomic mass is 9.86. The highest BCUT2D eigenvalue weighted by Crippen LogP contribution is 2.31. The molecule has 0 aliphatic heterocycles. The molecule has 4 rings (SSSR count). The minimum Gasteiger partial charge on any atom is -0.377 e. The summed E-state index contributed by atoms with van der Waals surface area (Å²) >= 11 is 18.3. The Morgan fingerprint density at radius 2 is 1.70 bits per heavy atom. The highest BCUT2D eigenvalue weighted by atomic mass is 35.5. The van der Waals surface area contributed by atoms with Gasteiger partial charge in [-0.05, 0) is 49.8 Å². The Morgan fingerprint density at radius 1 is 1.03 bits per heavy atom. The average Bonchev–Trinajstić information content (AvgIpc) is 2.77. The maximum atomic E-state index is 12.6. The largest absolute Gasteiger partial charge is 0.377 e. The van der Waals surface area contributed by atoms with E-state index in [9.17, 15) is 4.79 Å². The number of carbonyl (C=O) groups is 1. The van der Waals surface area contributed by atoms with Crippen molar-refractivity contribution in [3.05, 3.63) is 63.1 Å². The number of halogens is 3. The smallest absolute Gasteiger partial charge is 0.254 e. The molecule has 0 bridgehead atoms. The normalized spacial score (nSPS) is 18.2. The molecule has 1 aliphatic carbocycles. The zero-order valence-electron chi connectivity index (χ0n) is 18.7. The van der Waals surface area contributed by atoms with Crippen LogP contribution < -0.4 is 15.5 Å². The van der Waals surface area contributed by atoms with E-state index in [2.05, 4.69) is 41.8 Å². The Labute approximate surface area is 209 Å². The van der Waals surface area contributed by atoms with Crippen molar-refractivity contribution in [1.29, 1.82) is 0 Å². The maximum Gasteiger partial charge on any atom is 0.254 e. The predicted molar refractivity (Wildman–Crippen MR) is 139 cm³/mol. The standard InChI is InChI=1S/C25H27Cl3N4O/c1-32(2)22-13-23(31-21-6-4-3-5-18(21)22)30-17-9-7-15(8-10-17)14-29-25(33)24-19(27)11-16(26)12-20(24)28/h3-6,11-13,15,17H,7-10,14H2,1-2H3,(H,29,33)(H,30,31)/t15-,17+. The Bertz CT molecular complexity index is 1140. The highest BCUT2D eigenvalue weighted by Gasteiger charge is 2.23. The number of nitrogens with one attached hydrogen (secondary N) is 2. The Kier molecular flexibility index (Phi) is 7.52. The van der Waals surface area contributed by atoms with E-state index in [1.54, 1.807) is 0 Å². The maximum absolute atomic E-state index is 12.6. The second kappa shape index (κ2) is 10.4. The summed E-state index contributed by atoms with van der Waals surface area (Å²) in [4.78, 5) is 19.5. The summed E-state index contributed by atoms with van der Waals surface area (Å²) in [5.74, 6) is 1.05. The average molecular weight is 506 g/mol. The minimum atomic E-state index is -0.265. The molecule has 174 valence electrons. The molecule has 0 spiro atoms. The molecule has 1 aromatic heterocycles. The van der Waals surface area contributed by atoms with E-state index < -0.39 is 0 Å². The number of amides is 1. The lowest BCUT2D eigenvalue weighted by molar-refractivity contribution is 0.0943. The van der Waals surface area contributed by atoms with Gasteiger partial charge < -0.3 is 15.5 Å². The summed E-state index contributed by atoms with van der Waals surface area (Å²) in [6, 6.07) is 13.8. The van der Waals surface area contributed by atoms with Crippen molar-refractivity contribution in [2.24, 2.45) is 5.92 Å². The lowest BCUT2D eigenvalue weighted by Gasteiger charge is -2.30. The molecule has 0 atom stereocenters. The zero-order chi connectivity index (χ0) is 23.5. The van der Waals surface area contributed by atoms with Gasteiger partial charge in [0.1, 0.15) is 5.82 Å². The first-order valence-electron chi connectivity index (χ1n) is 11.1. The van der Waals surface area contributed by atoms with Gasteiger partial charge in [0.2, 0.25) is 0 Å². The van der Waals surface area contributed by atoms with Crippen molar-refractivity contribution < 1.29 is 4.79 Å². The number of rotatable bonds is 6. The molecule has 1 fully saturated rings. The van der Waals surface area contributed by atoms with Gasteiger partial charge in [-0.3, -0.25) is 4.79 Å². The molecular weight excluding hydrogens is 479 g/mol. The van der Waals surface area contributed by atoms with Crippen molar-refractivity contribution in [2.45, 2.75) is 31.7 Å². The van der Waals surface area contributed by atoms with E-state index in [-0.39, 0.29) is 21.5 Å². The number of benzene rings is 2. The Balaban J connectivity index is 1.33. The van der Waals surface area contributed by atoms with Crippen molar-refractivity contribution in [1.82, 2.24) is 10.3 Å². The number of aromatic nitrogens is 1. The van der Waals surface area contributed by atoms with Gasteiger partial charge in [-0.15, -0.1) is 0 Å². The SMILES string of the molecule is CN(C)c1cc(N[C@H]2CC[C@@H](CNC(=O)c3c(Cl)cc(Cl)cc3Cl)CC2)nc2ccccc12. The second-order valence-electron chi connectivity index (χ2n) is 8.75. The zero-order valence-corrected chi connectivity index (χ0v) is 20.9. The van der Waals surface area contributed by atoms with Gasteiger partial charge in [-0.1, -0.05) is 53.0 Å². The Hall–Kier alpha value is -2.21. The van der Waals surface area contributed by atoms with Crippen LogP contribution in [0.2, 0.25) is 15.1 Å². The molecule has 0 radical (unpaired) electrons. The number of pyridine rings is 1. The topological polar surface area (TPSA) is 57.3 Å². The van der Waals surface area contributed by atoms with Gasteiger partial charge in [-0.25, -0.2) is 4.98 Å². The van der Waals surface area contributed by atoms with Crippen LogP contribution in [-0.4, -0.2) is 37.6 Å². The van der Waals surface area contributed by atoms with Crippen LogP contribution in [0.3, 0.4) is 0 Å². The fourth-order valence-corrected chi connectivity index (χ4v) is 5.39. The summed E-state index contributed by atoms with van der Waals surface area (Å²) in [5.41, 5.74) is 2.42. The van der Waals surface area contributed by atoms with Gasteiger partial charge in [-0.2, -0.15) is 0 Å². The summed E-state index contributed by atoms with van der Waals surface area (Å²) in [7, 11) is 4.10. The number of hydrogen-bond donors (Lipinski definition) is 2. The lowest BCUT2D eigenvalue weighted by Crippen LogP contribution is -2.34. The molecule has 2 N–H and O–H groups in total. The van der Waals surface area contributed by atoms with Crippen molar-refractivity contribution in [3.63, 3.8) is 0 Å². The molecule has 0 unspecified atom stereocenters. The van der Waals surface area contributed by atoms with Crippen molar-refractivity contribution in [2.75, 3.05) is 30.9 Å². The molecule has 1 saturated carbocycles. The number of nitrogens with zero attached hydrogens (tertiary/aromatic N) is 2. The highest BCUT2D eigenvalue weighted by molar-refractivity contribution is 6.42. The van der Waals surface area contributed by atoms with Gasteiger partial charge in [0.25, 0.3) is 5.91 Å². The molecule has 33 heavy (non-hydrogen) atoms. The van der Waals surface area contributed by atoms with Gasteiger partial charge in [0.15, 0.2) is 0 Å². The van der Waals surface area contributed by atoms with Crippen LogP contribution >= 0.6 is 34.8 Å². The van der Waals surface area contributed by atoms with Gasteiger partial charge >= 0.3 is 0 Å². The summed E-state index contributed by atoms with van der Waals surface area (Å²) in [5, 5.41) is 8.69. The van der Waals surface area contributed by atoms with Crippen LogP contribution in [-0.2, 0) is 0 Å². The number of carbonyl (C=O) groups excluding carboxylic acids is 1. The van der Waals surface area contributed by atoms with Crippen LogP contribution in [0.25, 0.3) is 10.9 Å². The van der Waals surface area contributed by atoms with Crippen molar-refractivity contribution in [3.8, 4) is 0 Å². The monoisotopic (exact) mass is 504 g/mol. The summed E-state index contributed by atoms with van der Waals surface area (Å²) in [6.45, 7) is 0.597. The quantitative estimate of drug-likeness (QED) is 0.393. The van der Waals surface area contributed by atoms with E-state index in [0.29, 0.717) is 23.5 Å². The predicted octanol–water partition coefficient (Wildman–Crippen LogP) is 6.66. The van der Waals surface area contributed by atoms with E-state index >= 15 is 0 Å². The first kappa shape index (κ1) is 23.9. The number of para-hydroxylation sites is 1. The molecular formula is C25H27Cl3N4O. The fourth-order valence-electron chi connectivity index (χ4n) is 4.41.